The molecule has 0 fully saturated rings. The molecule has 0 spiro atoms. The highest BCUT2D eigenvalue weighted by molar-refractivity contribution is 5.60. The molecular formula is C26H22N4O. The van der Waals surface area contributed by atoms with Crippen molar-refractivity contribution in [3.63, 3.8) is 0 Å². The van der Waals surface area contributed by atoms with E-state index in [1.54, 1.807) is 0 Å². The van der Waals surface area contributed by atoms with Gasteiger partial charge in [-0.15, -0.1) is 0 Å². The average molecular weight is 406 g/mol. The van der Waals surface area contributed by atoms with Crippen molar-refractivity contribution in [2.24, 2.45) is 17.1 Å². The van der Waals surface area contributed by atoms with Gasteiger partial charge in [0.15, 0.2) is 5.41 Å². The van der Waals surface area contributed by atoms with Gasteiger partial charge in [-0.1, -0.05) is 54.6 Å². The Kier molecular flexibility index (Phi) is 5.48. The van der Waals surface area contributed by atoms with Gasteiger partial charge in [0.2, 0.25) is 0 Å². The van der Waals surface area contributed by atoms with E-state index in [1.807, 2.05) is 60.7 Å². The highest BCUT2D eigenvalue weighted by Gasteiger charge is 2.54. The minimum Gasteiger partial charge on any atom is -0.489 e. The van der Waals surface area contributed by atoms with E-state index in [4.69, 9.17) is 10.5 Å². The average Bonchev–Trinajstić information content (AvgIpc) is 2.83. The van der Waals surface area contributed by atoms with E-state index in [1.165, 1.54) is 0 Å². The molecule has 5 heteroatoms. The summed E-state index contributed by atoms with van der Waals surface area (Å²) in [6.45, 7) is 0.374. The molecule has 0 unspecified atom stereocenters. The Labute approximate surface area is 182 Å². The van der Waals surface area contributed by atoms with Crippen LogP contribution in [0.2, 0.25) is 0 Å². The molecule has 5 nitrogen and oxygen atoms in total. The molecule has 152 valence electrons. The number of ether oxygens (including phenoxy) is 1. The third-order valence-corrected chi connectivity index (χ3v) is 6.29. The second-order valence-electron chi connectivity index (χ2n) is 7.92. The fourth-order valence-electron chi connectivity index (χ4n) is 4.82. The van der Waals surface area contributed by atoms with Crippen molar-refractivity contribution in [1.29, 1.82) is 15.8 Å². The number of rotatable bonds is 4. The minimum absolute atomic E-state index is 0.0484. The third kappa shape index (κ3) is 3.33. The van der Waals surface area contributed by atoms with Crippen molar-refractivity contribution < 1.29 is 4.74 Å². The zero-order valence-corrected chi connectivity index (χ0v) is 17.1. The van der Waals surface area contributed by atoms with Crippen LogP contribution in [0.15, 0.2) is 77.5 Å². The van der Waals surface area contributed by atoms with E-state index in [0.29, 0.717) is 12.4 Å². The molecule has 2 aromatic carbocycles. The molecule has 2 atom stereocenters. The Hall–Kier alpha value is -4.01. The van der Waals surface area contributed by atoms with Gasteiger partial charge in [-0.3, -0.25) is 0 Å². The number of allylic oxidation sites excluding steroid dienone is 4. The van der Waals surface area contributed by atoms with Gasteiger partial charge in [-0.25, -0.2) is 0 Å². The first-order valence-electron chi connectivity index (χ1n) is 10.3. The van der Waals surface area contributed by atoms with Crippen LogP contribution in [0.5, 0.6) is 5.75 Å². The van der Waals surface area contributed by atoms with Gasteiger partial charge in [0.1, 0.15) is 18.4 Å². The zero-order chi connectivity index (χ0) is 21.8. The normalized spacial score (nSPS) is 21.6. The van der Waals surface area contributed by atoms with Crippen molar-refractivity contribution >= 4 is 0 Å². The van der Waals surface area contributed by atoms with E-state index in [9.17, 15) is 15.8 Å². The Balaban J connectivity index is 1.85. The third-order valence-electron chi connectivity index (χ3n) is 6.29. The first-order valence-corrected chi connectivity index (χ1v) is 10.3. The summed E-state index contributed by atoms with van der Waals surface area (Å²) in [5, 5.41) is 30.2. The molecule has 0 bridgehead atoms. The number of fused-ring (bicyclic) bond motifs is 1. The molecule has 0 saturated heterocycles. The number of para-hydroxylation sites is 1. The second kappa shape index (κ2) is 8.39. The maximum absolute atomic E-state index is 10.2. The van der Waals surface area contributed by atoms with Gasteiger partial charge in [0.05, 0.1) is 23.4 Å². The van der Waals surface area contributed by atoms with Crippen molar-refractivity contribution in [2.45, 2.75) is 31.8 Å². The molecule has 2 aromatic rings. The molecule has 2 aliphatic carbocycles. The Morgan fingerprint density at radius 2 is 1.71 bits per heavy atom. The first-order chi connectivity index (χ1) is 15.2. The topological polar surface area (TPSA) is 107 Å². The lowest BCUT2D eigenvalue weighted by Gasteiger charge is -2.43. The van der Waals surface area contributed by atoms with Gasteiger partial charge < -0.3 is 10.5 Å². The Morgan fingerprint density at radius 3 is 2.42 bits per heavy atom. The lowest BCUT2D eigenvalue weighted by Crippen LogP contribution is -2.42. The highest BCUT2D eigenvalue weighted by atomic mass is 16.5. The number of nitriles is 3. The van der Waals surface area contributed by atoms with Crippen LogP contribution in [0.1, 0.15) is 36.3 Å². The zero-order valence-electron chi connectivity index (χ0n) is 17.1. The molecule has 0 amide bonds. The smallest absolute Gasteiger partial charge is 0.191 e. The van der Waals surface area contributed by atoms with Gasteiger partial charge in [-0.2, -0.15) is 15.8 Å². The van der Waals surface area contributed by atoms with Crippen LogP contribution in [0.25, 0.3) is 0 Å². The summed E-state index contributed by atoms with van der Waals surface area (Å²) in [6, 6.07) is 23.9. The summed E-state index contributed by atoms with van der Waals surface area (Å²) in [5.74, 6) is -0.0287. The van der Waals surface area contributed by atoms with Crippen LogP contribution in [0, 0.1) is 45.3 Å². The molecule has 0 radical (unpaired) electrons. The molecular weight excluding hydrogens is 384 g/mol. The van der Waals surface area contributed by atoms with Gasteiger partial charge in [0.25, 0.3) is 0 Å². The minimum atomic E-state index is -1.63. The molecule has 2 aliphatic rings. The Morgan fingerprint density at radius 1 is 1.00 bits per heavy atom. The quantitative estimate of drug-likeness (QED) is 0.780. The van der Waals surface area contributed by atoms with E-state index in [-0.39, 0.29) is 17.2 Å². The number of hydrogen-bond acceptors (Lipinski definition) is 5. The van der Waals surface area contributed by atoms with Crippen LogP contribution < -0.4 is 10.5 Å². The predicted molar refractivity (Wildman–Crippen MR) is 116 cm³/mol. The fraction of sp³-hybridized carbons (Fsp3) is 0.269. The summed E-state index contributed by atoms with van der Waals surface area (Å²) >= 11 is 0. The van der Waals surface area contributed by atoms with Gasteiger partial charge in [0, 0.05) is 11.5 Å². The predicted octanol–water partition coefficient (Wildman–Crippen LogP) is 4.86. The Bertz CT molecular complexity index is 1160. The van der Waals surface area contributed by atoms with Crippen molar-refractivity contribution in [3.8, 4) is 24.0 Å². The van der Waals surface area contributed by atoms with Crippen molar-refractivity contribution in [2.75, 3.05) is 0 Å². The lowest BCUT2D eigenvalue weighted by molar-refractivity contribution is 0.276. The van der Waals surface area contributed by atoms with Crippen molar-refractivity contribution in [1.82, 2.24) is 0 Å². The molecule has 0 heterocycles. The summed E-state index contributed by atoms with van der Waals surface area (Å²) in [6.07, 6.45) is 4.62. The summed E-state index contributed by atoms with van der Waals surface area (Å²) in [7, 11) is 0. The fourth-order valence-corrected chi connectivity index (χ4v) is 4.82. The van der Waals surface area contributed by atoms with E-state index < -0.39 is 11.3 Å². The maximum Gasteiger partial charge on any atom is 0.191 e. The molecule has 0 aromatic heterocycles. The number of benzene rings is 2. The second-order valence-corrected chi connectivity index (χ2v) is 7.92. The largest absolute Gasteiger partial charge is 0.489 e. The van der Waals surface area contributed by atoms with Crippen LogP contribution >= 0.6 is 0 Å². The molecule has 0 saturated carbocycles. The molecule has 31 heavy (non-hydrogen) atoms. The number of hydrogen-bond donors (Lipinski definition) is 1. The van der Waals surface area contributed by atoms with E-state index >= 15 is 0 Å². The van der Waals surface area contributed by atoms with Crippen LogP contribution in [0.3, 0.4) is 0 Å². The number of nitrogens with zero attached hydrogens (tertiary/aromatic N) is 3. The van der Waals surface area contributed by atoms with Crippen LogP contribution in [-0.2, 0) is 6.61 Å². The summed E-state index contributed by atoms with van der Waals surface area (Å²) < 4.78 is 6.17. The molecule has 0 aliphatic heterocycles. The first kappa shape index (κ1) is 20.3. The maximum atomic E-state index is 10.2. The number of nitrogens with two attached hydrogens (primary N) is 1. The van der Waals surface area contributed by atoms with Crippen LogP contribution in [-0.4, -0.2) is 0 Å². The molecule has 4 rings (SSSR count). The summed E-state index contributed by atoms with van der Waals surface area (Å²) in [5.41, 5.74) is 7.73. The van der Waals surface area contributed by atoms with Gasteiger partial charge in [-0.05, 0) is 42.4 Å². The van der Waals surface area contributed by atoms with E-state index in [2.05, 4.69) is 18.2 Å². The van der Waals surface area contributed by atoms with Crippen LogP contribution in [0.4, 0.5) is 0 Å². The molecule has 2 N–H and O–H groups in total. The lowest BCUT2D eigenvalue weighted by atomic mass is 9.56. The monoisotopic (exact) mass is 406 g/mol. The SMILES string of the molecule is N#CC1=C(N)C(C#N)(C#N)[C@@H](c2ccccc2OCc2ccccc2)[C@H]2CCCC=C12. The van der Waals surface area contributed by atoms with E-state index in [0.717, 1.165) is 36.0 Å². The van der Waals surface area contributed by atoms with Gasteiger partial charge >= 0.3 is 0 Å². The standard InChI is InChI=1S/C26H22N4O/c27-14-22-19-10-4-5-11-20(19)24(26(16-28,17-29)25(22)30)21-12-6-7-13-23(21)31-15-18-8-2-1-3-9-18/h1-3,6-10,12-13,20,24H,4-5,11,15,30H2/t20-,24+/m0/s1. The highest BCUT2D eigenvalue weighted by Crippen LogP contribution is 2.57. The van der Waals surface area contributed by atoms with Crippen molar-refractivity contribution in [3.05, 3.63) is 88.6 Å². The summed E-state index contributed by atoms with van der Waals surface area (Å²) in [4.78, 5) is 0.